The lowest BCUT2D eigenvalue weighted by Gasteiger charge is -2.38. The molecule has 4 nitrogen and oxygen atoms in total. The summed E-state index contributed by atoms with van der Waals surface area (Å²) in [5, 5.41) is 3.21. The van der Waals surface area contributed by atoms with E-state index in [1.54, 1.807) is 0 Å². The van der Waals surface area contributed by atoms with Crippen molar-refractivity contribution in [3.8, 4) is 0 Å². The third-order valence-corrected chi connectivity index (χ3v) is 6.54. The summed E-state index contributed by atoms with van der Waals surface area (Å²) < 4.78 is 0. The Balaban J connectivity index is 1.38. The van der Waals surface area contributed by atoms with Crippen molar-refractivity contribution in [1.82, 2.24) is 15.1 Å². The van der Waals surface area contributed by atoms with Crippen LogP contribution in [0.1, 0.15) is 36.0 Å². The molecule has 30 heavy (non-hydrogen) atoms. The van der Waals surface area contributed by atoms with Crippen molar-refractivity contribution in [3.63, 3.8) is 0 Å². The Morgan fingerprint density at radius 2 is 1.67 bits per heavy atom. The molecule has 0 unspecified atom stereocenters. The molecule has 0 bridgehead atoms. The van der Waals surface area contributed by atoms with Crippen LogP contribution in [0.5, 0.6) is 0 Å². The summed E-state index contributed by atoms with van der Waals surface area (Å²) in [5.74, 6) is 0.843. The fraction of sp³-hybridized carbons (Fsp3) is 0.500. The molecule has 0 spiro atoms. The molecule has 2 fully saturated rings. The lowest BCUT2D eigenvalue weighted by molar-refractivity contribution is -0.127. The highest BCUT2D eigenvalue weighted by Crippen LogP contribution is 2.26. The van der Waals surface area contributed by atoms with Gasteiger partial charge in [-0.1, -0.05) is 60.2 Å². The molecule has 0 radical (unpaired) electrons. The van der Waals surface area contributed by atoms with Gasteiger partial charge in [0.15, 0.2) is 0 Å². The van der Waals surface area contributed by atoms with Gasteiger partial charge in [-0.15, -0.1) is 0 Å². The zero-order chi connectivity index (χ0) is 20.8. The summed E-state index contributed by atoms with van der Waals surface area (Å²) in [6.07, 6.45) is 3.64. The quantitative estimate of drug-likeness (QED) is 0.760. The Hall–Kier alpha value is -2.17. The predicted molar refractivity (Wildman–Crippen MR) is 122 cm³/mol. The van der Waals surface area contributed by atoms with E-state index in [4.69, 9.17) is 0 Å². The molecule has 4 rings (SSSR count). The number of hydrogen-bond donors (Lipinski definition) is 1. The molecule has 2 atom stereocenters. The van der Waals surface area contributed by atoms with E-state index in [9.17, 15) is 4.79 Å². The van der Waals surface area contributed by atoms with Gasteiger partial charge in [0.2, 0.25) is 5.91 Å². The van der Waals surface area contributed by atoms with Crippen molar-refractivity contribution in [3.05, 3.63) is 71.3 Å². The van der Waals surface area contributed by atoms with E-state index in [-0.39, 0.29) is 11.8 Å². The van der Waals surface area contributed by atoms with Gasteiger partial charge in [-0.25, -0.2) is 0 Å². The molecule has 2 aromatic rings. The average Bonchev–Trinajstić information content (AvgIpc) is 3.27. The van der Waals surface area contributed by atoms with Gasteiger partial charge in [0.25, 0.3) is 0 Å². The molecular formula is C26H35N3O. The van der Waals surface area contributed by atoms with Gasteiger partial charge in [0.1, 0.15) is 0 Å². The maximum absolute atomic E-state index is 13.1. The standard InChI is InChI=1S/C26H35N3O/c1-21-9-11-22(12-10-21)16-27-26(30)25-15-24(18-28-13-5-6-14-28)19-29(20-25)17-23-7-3-2-4-8-23/h2-4,7-12,24-25H,5-6,13-20H2,1H3,(H,27,30)/t24-,25-/m1/s1. The zero-order valence-corrected chi connectivity index (χ0v) is 18.2. The van der Waals surface area contributed by atoms with Crippen LogP contribution in [0.3, 0.4) is 0 Å². The summed E-state index contributed by atoms with van der Waals surface area (Å²) >= 11 is 0. The lowest BCUT2D eigenvalue weighted by atomic mass is 9.87. The number of rotatable bonds is 7. The maximum Gasteiger partial charge on any atom is 0.224 e. The van der Waals surface area contributed by atoms with Crippen molar-refractivity contribution in [1.29, 1.82) is 0 Å². The van der Waals surface area contributed by atoms with Crippen molar-refractivity contribution in [2.75, 3.05) is 32.7 Å². The van der Waals surface area contributed by atoms with Crippen LogP contribution in [-0.2, 0) is 17.9 Å². The Bertz CT molecular complexity index is 799. The fourth-order valence-corrected chi connectivity index (χ4v) is 4.97. The number of hydrogen-bond acceptors (Lipinski definition) is 3. The van der Waals surface area contributed by atoms with E-state index in [1.165, 1.54) is 42.6 Å². The first-order chi connectivity index (χ1) is 14.7. The number of likely N-dealkylation sites (tertiary alicyclic amines) is 2. The van der Waals surface area contributed by atoms with Crippen LogP contribution in [0.4, 0.5) is 0 Å². The molecular weight excluding hydrogens is 370 g/mol. The number of nitrogens with zero attached hydrogens (tertiary/aromatic N) is 2. The smallest absolute Gasteiger partial charge is 0.224 e. The molecule has 0 saturated carbocycles. The second-order valence-electron chi connectivity index (χ2n) is 9.19. The third-order valence-electron chi connectivity index (χ3n) is 6.54. The number of aryl methyl sites for hydroxylation is 1. The number of carbonyl (C=O) groups is 1. The molecule has 1 amide bonds. The van der Waals surface area contributed by atoms with E-state index in [2.05, 4.69) is 76.6 Å². The van der Waals surface area contributed by atoms with Crippen LogP contribution in [-0.4, -0.2) is 48.4 Å². The minimum Gasteiger partial charge on any atom is -0.352 e. The van der Waals surface area contributed by atoms with Crippen molar-refractivity contribution in [2.45, 2.75) is 39.3 Å². The number of benzene rings is 2. The molecule has 1 N–H and O–H groups in total. The highest BCUT2D eigenvalue weighted by atomic mass is 16.1. The molecule has 2 saturated heterocycles. The molecule has 2 aromatic carbocycles. The Labute approximate surface area is 181 Å². The van der Waals surface area contributed by atoms with Crippen molar-refractivity contribution >= 4 is 5.91 Å². The number of piperidine rings is 1. The number of amides is 1. The van der Waals surface area contributed by atoms with Gasteiger partial charge in [-0.05, 0) is 56.3 Å². The summed E-state index contributed by atoms with van der Waals surface area (Å²) in [6.45, 7) is 9.15. The van der Waals surface area contributed by atoms with Crippen LogP contribution in [0.15, 0.2) is 54.6 Å². The van der Waals surface area contributed by atoms with Crippen molar-refractivity contribution < 1.29 is 4.79 Å². The number of nitrogens with one attached hydrogen (secondary N) is 1. The van der Waals surface area contributed by atoms with Gasteiger partial charge < -0.3 is 10.2 Å². The Morgan fingerprint density at radius 1 is 0.933 bits per heavy atom. The maximum atomic E-state index is 13.1. The van der Waals surface area contributed by atoms with E-state index in [0.29, 0.717) is 12.5 Å². The van der Waals surface area contributed by atoms with Gasteiger partial charge in [-0.2, -0.15) is 0 Å². The van der Waals surface area contributed by atoms with E-state index in [1.807, 2.05) is 0 Å². The zero-order valence-electron chi connectivity index (χ0n) is 18.2. The first kappa shape index (κ1) is 21.1. The molecule has 0 aliphatic carbocycles. The lowest BCUT2D eigenvalue weighted by Crippen LogP contribution is -2.48. The van der Waals surface area contributed by atoms with Crippen LogP contribution >= 0.6 is 0 Å². The fourth-order valence-electron chi connectivity index (χ4n) is 4.97. The monoisotopic (exact) mass is 405 g/mol. The molecule has 4 heteroatoms. The first-order valence-corrected chi connectivity index (χ1v) is 11.5. The predicted octanol–water partition coefficient (Wildman–Crippen LogP) is 3.85. The molecule has 2 heterocycles. The van der Waals surface area contributed by atoms with Crippen LogP contribution in [0.2, 0.25) is 0 Å². The van der Waals surface area contributed by atoms with Crippen LogP contribution in [0.25, 0.3) is 0 Å². The number of carbonyl (C=O) groups excluding carboxylic acids is 1. The highest BCUT2D eigenvalue weighted by molar-refractivity contribution is 5.79. The Kier molecular flexibility index (Phi) is 7.19. The minimum atomic E-state index is 0.0699. The van der Waals surface area contributed by atoms with E-state index in [0.717, 1.165) is 32.6 Å². The third kappa shape index (κ3) is 5.93. The summed E-state index contributed by atoms with van der Waals surface area (Å²) in [7, 11) is 0. The second-order valence-corrected chi connectivity index (χ2v) is 9.19. The minimum absolute atomic E-state index is 0.0699. The molecule has 2 aliphatic heterocycles. The first-order valence-electron chi connectivity index (χ1n) is 11.5. The second kappa shape index (κ2) is 10.2. The van der Waals surface area contributed by atoms with Gasteiger partial charge in [0.05, 0.1) is 5.92 Å². The topological polar surface area (TPSA) is 35.6 Å². The highest BCUT2D eigenvalue weighted by Gasteiger charge is 2.32. The Morgan fingerprint density at radius 3 is 2.40 bits per heavy atom. The largest absolute Gasteiger partial charge is 0.352 e. The van der Waals surface area contributed by atoms with Crippen LogP contribution < -0.4 is 5.32 Å². The van der Waals surface area contributed by atoms with Crippen LogP contribution in [0, 0.1) is 18.8 Å². The summed E-state index contributed by atoms with van der Waals surface area (Å²) in [5.41, 5.74) is 3.75. The molecule has 160 valence electrons. The summed E-state index contributed by atoms with van der Waals surface area (Å²) in [6, 6.07) is 19.1. The van der Waals surface area contributed by atoms with Gasteiger partial charge in [0, 0.05) is 32.7 Å². The normalized spacial score (nSPS) is 22.8. The molecule has 2 aliphatic rings. The van der Waals surface area contributed by atoms with E-state index < -0.39 is 0 Å². The SMILES string of the molecule is Cc1ccc(CNC(=O)[C@@H]2C[C@H](CN3CCCC3)CN(Cc3ccccc3)C2)cc1. The summed E-state index contributed by atoms with van der Waals surface area (Å²) in [4.78, 5) is 18.2. The van der Waals surface area contributed by atoms with E-state index >= 15 is 0 Å². The van der Waals surface area contributed by atoms with Crippen molar-refractivity contribution in [2.24, 2.45) is 11.8 Å². The average molecular weight is 406 g/mol. The van der Waals surface area contributed by atoms with Gasteiger partial charge in [-0.3, -0.25) is 9.69 Å². The van der Waals surface area contributed by atoms with Gasteiger partial charge >= 0.3 is 0 Å². The molecule has 0 aromatic heterocycles.